The van der Waals surface area contributed by atoms with E-state index in [-0.39, 0.29) is 0 Å². The Labute approximate surface area is 87.8 Å². The Morgan fingerprint density at radius 2 is 2.29 bits per heavy atom. The summed E-state index contributed by atoms with van der Waals surface area (Å²) >= 11 is 0. The first-order valence-corrected chi connectivity index (χ1v) is 5.83. The summed E-state index contributed by atoms with van der Waals surface area (Å²) in [6.45, 7) is 11.8. The average Bonchev–Trinajstić information content (AvgIpc) is 2.53. The van der Waals surface area contributed by atoms with Crippen molar-refractivity contribution in [3.8, 4) is 0 Å². The third-order valence-corrected chi connectivity index (χ3v) is 2.73. The van der Waals surface area contributed by atoms with Crippen LogP contribution in [0.3, 0.4) is 0 Å². The standard InChI is InChI=1S/C11H24N2O/c1-4-12-11-6-7-13(9-11)8-10(3)14-5-2/h10-12H,4-9H2,1-3H3. The molecule has 0 radical (unpaired) electrons. The van der Waals surface area contributed by atoms with Crippen molar-refractivity contribution < 1.29 is 4.74 Å². The second kappa shape index (κ2) is 6.38. The Balaban J connectivity index is 2.15. The van der Waals surface area contributed by atoms with Crippen LogP contribution in [0.15, 0.2) is 0 Å². The monoisotopic (exact) mass is 200 g/mol. The van der Waals surface area contributed by atoms with Gasteiger partial charge in [0.05, 0.1) is 6.10 Å². The highest BCUT2D eigenvalue weighted by Crippen LogP contribution is 2.10. The molecule has 0 bridgehead atoms. The van der Waals surface area contributed by atoms with Crippen LogP contribution in [-0.2, 0) is 4.74 Å². The van der Waals surface area contributed by atoms with Gasteiger partial charge in [0.25, 0.3) is 0 Å². The molecule has 0 amide bonds. The van der Waals surface area contributed by atoms with E-state index in [0.29, 0.717) is 12.1 Å². The molecule has 1 rings (SSSR count). The van der Waals surface area contributed by atoms with Gasteiger partial charge in [0, 0.05) is 25.7 Å². The van der Waals surface area contributed by atoms with Gasteiger partial charge in [0.1, 0.15) is 0 Å². The Hall–Kier alpha value is -0.120. The van der Waals surface area contributed by atoms with Crippen molar-refractivity contribution in [2.45, 2.75) is 39.3 Å². The van der Waals surface area contributed by atoms with Crippen LogP contribution in [0.4, 0.5) is 0 Å². The summed E-state index contributed by atoms with van der Waals surface area (Å²) in [5.74, 6) is 0. The summed E-state index contributed by atoms with van der Waals surface area (Å²) in [5.41, 5.74) is 0. The van der Waals surface area contributed by atoms with Crippen molar-refractivity contribution in [3.05, 3.63) is 0 Å². The molecule has 2 atom stereocenters. The fraction of sp³-hybridized carbons (Fsp3) is 1.00. The van der Waals surface area contributed by atoms with E-state index < -0.39 is 0 Å². The predicted octanol–water partition coefficient (Wildman–Crippen LogP) is 1.10. The van der Waals surface area contributed by atoms with Gasteiger partial charge in [-0.1, -0.05) is 6.92 Å². The smallest absolute Gasteiger partial charge is 0.0673 e. The number of hydrogen-bond acceptors (Lipinski definition) is 3. The molecular formula is C11H24N2O. The molecule has 3 heteroatoms. The molecule has 0 aliphatic carbocycles. The van der Waals surface area contributed by atoms with Gasteiger partial charge in [-0.25, -0.2) is 0 Å². The molecule has 0 aromatic carbocycles. The van der Waals surface area contributed by atoms with Crippen molar-refractivity contribution in [1.82, 2.24) is 10.2 Å². The fourth-order valence-electron chi connectivity index (χ4n) is 2.15. The highest BCUT2D eigenvalue weighted by Gasteiger charge is 2.22. The van der Waals surface area contributed by atoms with E-state index in [4.69, 9.17) is 4.74 Å². The van der Waals surface area contributed by atoms with E-state index in [1.165, 1.54) is 19.5 Å². The number of nitrogens with zero attached hydrogens (tertiary/aromatic N) is 1. The van der Waals surface area contributed by atoms with Crippen LogP contribution in [0, 0.1) is 0 Å². The van der Waals surface area contributed by atoms with Crippen LogP contribution >= 0.6 is 0 Å². The summed E-state index contributed by atoms with van der Waals surface area (Å²) in [6.07, 6.45) is 1.66. The molecule has 14 heavy (non-hydrogen) atoms. The molecule has 0 spiro atoms. The van der Waals surface area contributed by atoms with Crippen LogP contribution < -0.4 is 5.32 Å². The van der Waals surface area contributed by atoms with E-state index >= 15 is 0 Å². The lowest BCUT2D eigenvalue weighted by molar-refractivity contribution is 0.0510. The average molecular weight is 200 g/mol. The maximum Gasteiger partial charge on any atom is 0.0673 e. The SMILES string of the molecule is CCNC1CCN(CC(C)OCC)C1. The van der Waals surface area contributed by atoms with Crippen molar-refractivity contribution in [3.63, 3.8) is 0 Å². The van der Waals surface area contributed by atoms with Gasteiger partial charge in [0.2, 0.25) is 0 Å². The molecule has 3 nitrogen and oxygen atoms in total. The van der Waals surface area contributed by atoms with Crippen molar-refractivity contribution >= 4 is 0 Å². The first kappa shape index (κ1) is 12.0. The summed E-state index contributed by atoms with van der Waals surface area (Å²) in [7, 11) is 0. The van der Waals surface area contributed by atoms with E-state index in [1.807, 2.05) is 0 Å². The third-order valence-electron chi connectivity index (χ3n) is 2.73. The second-order valence-electron chi connectivity index (χ2n) is 4.07. The molecule has 84 valence electrons. The molecule has 1 saturated heterocycles. The summed E-state index contributed by atoms with van der Waals surface area (Å²) in [6, 6.07) is 0.703. The molecule has 1 N–H and O–H groups in total. The minimum Gasteiger partial charge on any atom is -0.377 e. The van der Waals surface area contributed by atoms with Crippen molar-refractivity contribution in [1.29, 1.82) is 0 Å². The quantitative estimate of drug-likeness (QED) is 0.695. The van der Waals surface area contributed by atoms with E-state index in [2.05, 4.69) is 31.0 Å². The molecule has 0 aromatic heterocycles. The minimum absolute atomic E-state index is 0.375. The first-order valence-electron chi connectivity index (χ1n) is 5.83. The van der Waals surface area contributed by atoms with Gasteiger partial charge in [-0.15, -0.1) is 0 Å². The zero-order valence-corrected chi connectivity index (χ0v) is 9.75. The lowest BCUT2D eigenvalue weighted by atomic mass is 10.3. The number of ether oxygens (including phenoxy) is 1. The van der Waals surface area contributed by atoms with Crippen LogP contribution in [0.2, 0.25) is 0 Å². The van der Waals surface area contributed by atoms with Gasteiger partial charge in [-0.3, -0.25) is 4.90 Å². The maximum atomic E-state index is 5.54. The second-order valence-corrected chi connectivity index (χ2v) is 4.07. The van der Waals surface area contributed by atoms with Gasteiger partial charge < -0.3 is 10.1 Å². The molecular weight excluding hydrogens is 176 g/mol. The Morgan fingerprint density at radius 1 is 1.50 bits per heavy atom. The number of likely N-dealkylation sites (tertiary alicyclic amines) is 1. The summed E-state index contributed by atoms with van der Waals surface area (Å²) in [4.78, 5) is 2.49. The minimum atomic E-state index is 0.375. The van der Waals surface area contributed by atoms with E-state index in [9.17, 15) is 0 Å². The molecule has 1 aliphatic heterocycles. The highest BCUT2D eigenvalue weighted by atomic mass is 16.5. The predicted molar refractivity (Wildman–Crippen MR) is 59.6 cm³/mol. The van der Waals surface area contributed by atoms with E-state index in [1.54, 1.807) is 0 Å². The first-order chi connectivity index (χ1) is 6.76. The normalized spacial score (nSPS) is 25.5. The number of likely N-dealkylation sites (N-methyl/N-ethyl adjacent to an activating group) is 1. The van der Waals surface area contributed by atoms with Crippen molar-refractivity contribution in [2.75, 3.05) is 32.8 Å². The summed E-state index contributed by atoms with van der Waals surface area (Å²) in [5, 5.41) is 3.50. The third kappa shape index (κ3) is 3.95. The van der Waals surface area contributed by atoms with Gasteiger partial charge in [-0.2, -0.15) is 0 Å². The highest BCUT2D eigenvalue weighted by molar-refractivity contribution is 4.81. The number of rotatable bonds is 6. The van der Waals surface area contributed by atoms with E-state index in [0.717, 1.165) is 19.7 Å². The lowest BCUT2D eigenvalue weighted by Crippen LogP contribution is -2.35. The van der Waals surface area contributed by atoms with Gasteiger partial charge >= 0.3 is 0 Å². The Kier molecular flexibility index (Phi) is 5.45. The number of hydrogen-bond donors (Lipinski definition) is 1. The van der Waals surface area contributed by atoms with Crippen molar-refractivity contribution in [2.24, 2.45) is 0 Å². The van der Waals surface area contributed by atoms with Gasteiger partial charge in [0.15, 0.2) is 0 Å². The fourth-order valence-corrected chi connectivity index (χ4v) is 2.15. The molecule has 1 fully saturated rings. The lowest BCUT2D eigenvalue weighted by Gasteiger charge is -2.20. The van der Waals surface area contributed by atoms with Crippen LogP contribution in [-0.4, -0.2) is 49.8 Å². The van der Waals surface area contributed by atoms with Crippen LogP contribution in [0.1, 0.15) is 27.2 Å². The molecule has 1 heterocycles. The molecule has 0 aromatic rings. The van der Waals surface area contributed by atoms with Crippen LogP contribution in [0.25, 0.3) is 0 Å². The topological polar surface area (TPSA) is 24.5 Å². The molecule has 2 unspecified atom stereocenters. The van der Waals surface area contributed by atoms with Gasteiger partial charge in [-0.05, 0) is 33.4 Å². The zero-order valence-electron chi connectivity index (χ0n) is 9.75. The van der Waals surface area contributed by atoms with Crippen LogP contribution in [0.5, 0.6) is 0 Å². The largest absolute Gasteiger partial charge is 0.377 e. The number of nitrogens with one attached hydrogen (secondary N) is 1. The Bertz CT molecular complexity index is 152. The maximum absolute atomic E-state index is 5.54. The molecule has 0 saturated carbocycles. The zero-order chi connectivity index (χ0) is 10.4. The Morgan fingerprint density at radius 3 is 2.93 bits per heavy atom. The molecule has 1 aliphatic rings. The summed E-state index contributed by atoms with van der Waals surface area (Å²) < 4.78 is 5.54.